The lowest BCUT2D eigenvalue weighted by molar-refractivity contribution is -0.190. The number of ether oxygens (including phenoxy) is 1. The lowest BCUT2D eigenvalue weighted by atomic mass is 9.44. The van der Waals surface area contributed by atoms with Gasteiger partial charge in [0.15, 0.2) is 17.5 Å². The van der Waals surface area contributed by atoms with Gasteiger partial charge in [-0.05, 0) is 167 Å². The van der Waals surface area contributed by atoms with E-state index in [1.807, 2.05) is 55.7 Å². The van der Waals surface area contributed by atoms with Crippen LogP contribution in [-0.4, -0.2) is 114 Å². The van der Waals surface area contributed by atoms with E-state index in [0.29, 0.717) is 43.2 Å². The Morgan fingerprint density at radius 1 is 0.987 bits per heavy atom. The van der Waals surface area contributed by atoms with Crippen molar-refractivity contribution in [1.82, 2.24) is 15.6 Å². The third-order valence-electron chi connectivity index (χ3n) is 22.0. The number of cyclic esters (lactones) is 1. The van der Waals surface area contributed by atoms with Gasteiger partial charge in [0.2, 0.25) is 0 Å². The highest BCUT2D eigenvalue weighted by atomic mass is 16.6. The summed E-state index contributed by atoms with van der Waals surface area (Å²) in [5, 5.41) is 81.3. The number of benzene rings is 1. The summed E-state index contributed by atoms with van der Waals surface area (Å²) in [6.45, 7) is 11.6. The number of aliphatic hydroxyl groups is 6. The van der Waals surface area contributed by atoms with Crippen molar-refractivity contribution >= 4 is 23.5 Å². The largest absolute Gasteiger partial charge is 0.462 e. The van der Waals surface area contributed by atoms with Gasteiger partial charge in [-0.15, -0.1) is 5.92 Å². The number of Topliss-reactive ketones (excluding diaryl/α,β-unsaturated/α-hetero) is 2. The molecule has 15 nitrogen and oxygen atoms in total. The molecule has 8 aliphatic rings. The number of esters is 1. The molecule has 4 saturated carbocycles. The van der Waals surface area contributed by atoms with Crippen molar-refractivity contribution in [2.45, 2.75) is 186 Å². The van der Waals surface area contributed by atoms with Crippen LogP contribution in [0.3, 0.4) is 0 Å². The number of ketones is 2. The Balaban J connectivity index is 1.14. The maximum atomic E-state index is 15.5. The van der Waals surface area contributed by atoms with Gasteiger partial charge in [-0.1, -0.05) is 75.6 Å². The number of carbonyl (C=O) groups excluding carboxylic acids is 3. The van der Waals surface area contributed by atoms with Crippen LogP contribution in [0.2, 0.25) is 0 Å². The van der Waals surface area contributed by atoms with E-state index < -0.39 is 94.1 Å². The molecule has 0 radical (unpaired) electrons. The van der Waals surface area contributed by atoms with E-state index in [9.17, 15) is 40.2 Å². The molecule has 0 bridgehead atoms. The van der Waals surface area contributed by atoms with Crippen molar-refractivity contribution in [3.63, 3.8) is 0 Å². The quantitative estimate of drug-likeness (QED) is 0.0365. The van der Waals surface area contributed by atoms with E-state index in [-0.39, 0.29) is 98.4 Å². The van der Waals surface area contributed by atoms with E-state index in [0.717, 1.165) is 43.2 Å². The standard InChI is InChI=1S/C64H89N5O10/c1-7-51-53(54(59(76)79-51)42-21-24-66-33-42)40-14-11-15-41-30-64(78)55-46(61(5)31-50(73)49(72)29-47(61)57(75)56(55)69-48(34-70)37(4)71)20-22-63(64,23-25-67-60(65)68-32-38-12-9-8-10-13-38)58(41)62(6,77)52(74)27-36(3)43-19-18-39-17-16-35(2)26-44(39)45(43)28-40/h8-10,12-13,18,21,24,33,35-36,40-41,43-54,58,66,69-70,72-74,77-78H,7,15-17,19-20,22-23,25-32,34H2,1-6H3,(H3,65,67,68)/t35-,36+,40+,41-,43-,44-,45-,46-,47-,48-,49+,50-,51+,52+,53-,54+,58+,61+,62-,63-,64+/m0/s1. The van der Waals surface area contributed by atoms with Gasteiger partial charge >= 0.3 is 5.97 Å². The van der Waals surface area contributed by atoms with E-state index >= 15 is 4.79 Å². The number of fused-ring (bicyclic) bond motifs is 10. The van der Waals surface area contributed by atoms with Crippen LogP contribution in [0.15, 0.2) is 76.7 Å². The molecular formula is C64H89N5O10. The molecule has 0 amide bonds. The third kappa shape index (κ3) is 10.1. The number of nitrogens with zero attached hydrogens (tertiary/aromatic N) is 1. The van der Waals surface area contributed by atoms with E-state index in [1.54, 1.807) is 6.92 Å². The summed E-state index contributed by atoms with van der Waals surface area (Å²) in [6, 6.07) is 10.5. The Morgan fingerprint density at radius 3 is 2.47 bits per heavy atom. The van der Waals surface area contributed by atoms with Crippen LogP contribution < -0.4 is 16.4 Å². The molecule has 15 heteroatoms. The highest BCUT2D eigenvalue weighted by Gasteiger charge is 2.74. The fourth-order valence-electron chi connectivity index (χ4n) is 18.1. The number of guanidine groups is 1. The maximum absolute atomic E-state index is 15.5. The van der Waals surface area contributed by atoms with Gasteiger partial charge in [-0.3, -0.25) is 14.4 Å². The summed E-state index contributed by atoms with van der Waals surface area (Å²) in [6.07, 6.45) is 9.24. The number of H-pyrrole nitrogens is 1. The maximum Gasteiger partial charge on any atom is 0.314 e. The normalized spacial score (nSPS) is 42.6. The lowest BCUT2D eigenvalue weighted by Crippen LogP contribution is -2.66. The van der Waals surface area contributed by atoms with Crippen molar-refractivity contribution in [3.05, 3.63) is 82.8 Å². The van der Waals surface area contributed by atoms with E-state index in [4.69, 9.17) is 10.5 Å². The number of hydrogen-bond acceptors (Lipinski definition) is 12. The smallest absolute Gasteiger partial charge is 0.314 e. The SMILES string of the molecule is CC[C@H]1OC(=O)[C@H](c2cc[nH]c2)[C@H]1[C@@H]1C#CC[C@H]2C[C@@]3(O)C4=C(N[C@@H](CO)C(C)=O)C(=O)[C@@H]5C[C@@H](O)[C@@H](O)C[C@]5(C)[C@H]4CC[C@]3(CCNC(N)=NCc3ccccc3)[C@H]2[C@@](C)(O)[C@H](O)C[C@@H](C)[C@@H]2CC=C3CC[C@H](C)C[C@@H]3[C@H]2C1. The Kier molecular flexibility index (Phi) is 16.4. The minimum absolute atomic E-state index is 0.0221. The van der Waals surface area contributed by atoms with Crippen LogP contribution in [0, 0.1) is 87.8 Å². The van der Waals surface area contributed by atoms with Crippen LogP contribution in [0.4, 0.5) is 0 Å². The van der Waals surface area contributed by atoms with Gasteiger partial charge in [0.1, 0.15) is 12.1 Å². The van der Waals surface area contributed by atoms with Crippen molar-refractivity contribution in [1.29, 1.82) is 0 Å². The molecule has 1 aliphatic heterocycles. The molecule has 21 atom stereocenters. The lowest BCUT2D eigenvalue weighted by Gasteiger charge is -2.62. The number of aliphatic imine (C=N–C) groups is 1. The molecule has 2 aromatic rings. The van der Waals surface area contributed by atoms with Crippen LogP contribution >= 0.6 is 0 Å². The minimum Gasteiger partial charge on any atom is -0.462 e. The first-order valence-electron chi connectivity index (χ1n) is 29.9. The second kappa shape index (κ2) is 22.5. The van der Waals surface area contributed by atoms with Crippen molar-refractivity contribution < 1.29 is 49.8 Å². The van der Waals surface area contributed by atoms with Crippen molar-refractivity contribution in [2.75, 3.05) is 13.2 Å². The van der Waals surface area contributed by atoms with Gasteiger partial charge in [0, 0.05) is 54.4 Å². The second-order valence-corrected chi connectivity index (χ2v) is 26.4. The number of rotatable bonds is 12. The molecule has 0 unspecified atom stereocenters. The molecular weight excluding hydrogens is 999 g/mol. The highest BCUT2D eigenvalue weighted by molar-refractivity contribution is 6.00. The molecule has 11 N–H and O–H groups in total. The van der Waals surface area contributed by atoms with Crippen LogP contribution in [0.25, 0.3) is 0 Å². The number of aromatic amines is 1. The molecule has 10 rings (SSSR count). The molecule has 2 heterocycles. The molecule has 1 aromatic carbocycles. The first-order valence-corrected chi connectivity index (χ1v) is 29.9. The van der Waals surface area contributed by atoms with Gasteiger partial charge < -0.3 is 56.7 Å². The minimum atomic E-state index is -1.90. The van der Waals surface area contributed by atoms with E-state index in [2.05, 4.69) is 59.3 Å². The van der Waals surface area contributed by atoms with Gasteiger partial charge in [-0.2, -0.15) is 0 Å². The Hall–Kier alpha value is -4.82. The molecule has 0 spiro atoms. The number of nitrogens with two attached hydrogens (primary N) is 1. The zero-order chi connectivity index (χ0) is 56.3. The van der Waals surface area contributed by atoms with Crippen LogP contribution in [0.1, 0.15) is 148 Å². The van der Waals surface area contributed by atoms with Gasteiger partial charge in [0.25, 0.3) is 0 Å². The number of aromatic nitrogens is 1. The summed E-state index contributed by atoms with van der Waals surface area (Å²) in [4.78, 5) is 50.7. The average molecular weight is 1090 g/mol. The fraction of sp³-hybridized carbons (Fsp3) is 0.688. The van der Waals surface area contributed by atoms with Crippen molar-refractivity contribution in [3.8, 4) is 11.8 Å². The topological polar surface area (TPSA) is 260 Å². The summed E-state index contributed by atoms with van der Waals surface area (Å²) < 4.78 is 6.30. The zero-order valence-electron chi connectivity index (χ0n) is 47.4. The first kappa shape index (κ1) is 57.4. The first-order chi connectivity index (χ1) is 37.7. The average Bonchev–Trinajstić information content (AvgIpc) is 2.25. The summed E-state index contributed by atoms with van der Waals surface area (Å²) >= 11 is 0. The Morgan fingerprint density at radius 2 is 1.76 bits per heavy atom. The Bertz CT molecular complexity index is 2730. The highest BCUT2D eigenvalue weighted by Crippen LogP contribution is 2.72. The Labute approximate surface area is 467 Å². The number of carbonyl (C=O) groups is 3. The molecule has 7 aliphatic carbocycles. The summed E-state index contributed by atoms with van der Waals surface area (Å²) in [7, 11) is 0. The summed E-state index contributed by atoms with van der Waals surface area (Å²) in [5.41, 5.74) is 4.44. The molecule has 1 aromatic heterocycles. The number of nitrogens with one attached hydrogen (secondary N) is 3. The van der Waals surface area contributed by atoms with Crippen molar-refractivity contribution in [2.24, 2.45) is 86.7 Å². The monoisotopic (exact) mass is 1090 g/mol. The van der Waals surface area contributed by atoms with Gasteiger partial charge in [0.05, 0.1) is 54.3 Å². The number of aliphatic hydroxyl groups excluding tert-OH is 4. The molecule has 5 fully saturated rings. The van der Waals surface area contributed by atoms with Gasteiger partial charge in [-0.25, -0.2) is 4.99 Å². The second-order valence-electron chi connectivity index (χ2n) is 26.4. The fourth-order valence-corrected chi connectivity index (χ4v) is 18.1. The molecule has 1 saturated heterocycles. The molecule has 430 valence electrons. The summed E-state index contributed by atoms with van der Waals surface area (Å²) in [5.74, 6) is 4.06. The van der Waals surface area contributed by atoms with Crippen LogP contribution in [0.5, 0.6) is 0 Å². The zero-order valence-corrected chi connectivity index (χ0v) is 47.4. The predicted octanol–water partition coefficient (Wildman–Crippen LogP) is 6.37. The third-order valence-corrected chi connectivity index (χ3v) is 22.0. The molecule has 79 heavy (non-hydrogen) atoms. The predicted molar refractivity (Wildman–Crippen MR) is 300 cm³/mol. The number of hydrogen-bond donors (Lipinski definition) is 10. The number of allylic oxidation sites excluding steroid dienone is 3. The van der Waals surface area contributed by atoms with Crippen LogP contribution in [-0.2, 0) is 25.7 Å². The van der Waals surface area contributed by atoms with E-state index in [1.165, 1.54) is 12.5 Å².